The molecule has 0 bridgehead atoms. The quantitative estimate of drug-likeness (QED) is 0.0253. The van der Waals surface area contributed by atoms with Gasteiger partial charge < -0.3 is 69.4 Å². The van der Waals surface area contributed by atoms with Crippen molar-refractivity contribution >= 4 is 120 Å². The summed E-state index contributed by atoms with van der Waals surface area (Å²) in [6.07, 6.45) is 5.34. The Hall–Kier alpha value is -10.2. The second-order valence-corrected chi connectivity index (χ2v) is 26.7. The molecule has 2 aliphatic heterocycles. The first-order valence-corrected chi connectivity index (χ1v) is 32.6. The molecular formula is C63H66Cl4N14O16S. The largest absolute Gasteiger partial charge is 0.495 e. The number of ether oxygens (including phenoxy) is 8. The highest BCUT2D eigenvalue weighted by Crippen LogP contribution is 2.48. The molecule has 518 valence electrons. The average Bonchev–Trinajstić information content (AvgIpc) is 0.813. The van der Waals surface area contributed by atoms with Gasteiger partial charge in [-0.3, -0.25) is 20.2 Å². The number of nitro groups is 2. The third-order valence-electron chi connectivity index (χ3n) is 13.7. The number of nitro benzene ring substituents is 2. The first kappa shape index (κ1) is 73.6. The summed E-state index contributed by atoms with van der Waals surface area (Å²) < 4.78 is 67.0. The van der Waals surface area contributed by atoms with Gasteiger partial charge in [0.05, 0.1) is 99.4 Å². The molecule has 5 N–H and O–H groups in total. The maximum atomic E-state index is 12.2. The normalized spacial score (nSPS) is 12.9. The third-order valence-corrected chi connectivity index (χ3v) is 16.2. The lowest BCUT2D eigenvalue weighted by atomic mass is 10.1. The summed E-state index contributed by atoms with van der Waals surface area (Å²) in [5.41, 5.74) is 6.74. The number of benzene rings is 4. The van der Waals surface area contributed by atoms with E-state index in [1.165, 1.54) is 81.2 Å². The van der Waals surface area contributed by atoms with Gasteiger partial charge in [-0.25, -0.2) is 47.9 Å². The van der Waals surface area contributed by atoms with E-state index in [0.717, 1.165) is 6.26 Å². The third kappa shape index (κ3) is 18.7. The minimum atomic E-state index is -3.50. The van der Waals surface area contributed by atoms with Gasteiger partial charge in [0.25, 0.3) is 11.4 Å². The number of hydrogen-bond acceptors (Lipinski definition) is 26. The molecular weight excluding hydrogens is 1380 g/mol. The molecule has 6 heterocycles. The van der Waals surface area contributed by atoms with Crippen molar-refractivity contribution in [1.82, 2.24) is 39.7 Å². The molecule has 0 atom stereocenters. The molecule has 10 rings (SSSR count). The van der Waals surface area contributed by atoms with Crippen molar-refractivity contribution in [3.8, 4) is 57.0 Å². The number of nitrogens with zero attached hydrogens (tertiary/aromatic N) is 10. The number of rotatable bonds is 19. The summed E-state index contributed by atoms with van der Waals surface area (Å²) in [7, 11) is 2.38. The highest BCUT2D eigenvalue weighted by molar-refractivity contribution is 7.90. The lowest BCUT2D eigenvalue weighted by molar-refractivity contribution is -0.384. The van der Waals surface area contributed by atoms with Gasteiger partial charge in [0.2, 0.25) is 0 Å². The second kappa shape index (κ2) is 31.3. The molecule has 4 aromatic carbocycles. The molecule has 2 amide bonds. The summed E-state index contributed by atoms with van der Waals surface area (Å²) in [5, 5.41) is 32.9. The van der Waals surface area contributed by atoms with Crippen LogP contribution in [0.5, 0.6) is 34.5 Å². The van der Waals surface area contributed by atoms with Crippen LogP contribution in [-0.4, -0.2) is 154 Å². The molecule has 4 aromatic heterocycles. The number of anilines is 7. The Morgan fingerprint density at radius 1 is 0.561 bits per heavy atom. The molecule has 0 unspecified atom stereocenters. The monoisotopic (exact) mass is 1450 g/mol. The topological polar surface area (TPSA) is 374 Å². The fourth-order valence-corrected chi connectivity index (χ4v) is 10.8. The number of nitrogens with two attached hydrogens (primary N) is 1. The van der Waals surface area contributed by atoms with Gasteiger partial charge in [-0.15, -0.1) is 0 Å². The van der Waals surface area contributed by atoms with E-state index in [9.17, 15) is 38.2 Å². The lowest BCUT2D eigenvalue weighted by Crippen LogP contribution is -2.57. The standard InChI is InChI=1S/C31H31Cl2N7O7.C18H16Cl2N4O4S.C14H19N3O5/c1-31(2,3)47-30(41)39-14-18(15-39)46-17-8-9-20(22(11-17)40(42)43)37-25-12-21(35-16-36-25)19-7-6-10-34-29(19)38-28-26(32)23(44-4)13-24(45-5)27(28)33;1-27-12-8-13(28-2)16(20)17(15(12)19)24-18-10(5-4-6-21-18)11-7-14(23-9-22-11)29(3,25)26;1-14(2,3)22-13(18)16-7-10(8-16)21-9-4-5-11(15)12(6-9)17(19)20/h6-13,16,18H,14-15H2,1-5H3,(H,34,38)(H,35,36,37);4-9H,1-3H3,(H,21,24);4-6,10H,7-8,15H2,1-3H3. The number of aromatic nitrogens is 6. The first-order chi connectivity index (χ1) is 46.3. The number of nitrogens with one attached hydrogen (secondary N) is 3. The van der Waals surface area contributed by atoms with Crippen LogP contribution in [0.2, 0.25) is 20.1 Å². The number of pyridine rings is 2. The van der Waals surface area contributed by atoms with E-state index in [4.69, 9.17) is 90.0 Å². The molecule has 2 saturated heterocycles. The van der Waals surface area contributed by atoms with E-state index < -0.39 is 43.1 Å². The van der Waals surface area contributed by atoms with Crippen LogP contribution in [0.3, 0.4) is 0 Å². The lowest BCUT2D eigenvalue weighted by Gasteiger charge is -2.39. The number of halogens is 4. The van der Waals surface area contributed by atoms with Crippen molar-refractivity contribution in [2.75, 3.05) is 82.6 Å². The van der Waals surface area contributed by atoms with E-state index in [1.807, 2.05) is 0 Å². The summed E-state index contributed by atoms with van der Waals surface area (Å²) >= 11 is 26.0. The van der Waals surface area contributed by atoms with Crippen molar-refractivity contribution in [3.63, 3.8) is 0 Å². The summed E-state index contributed by atoms with van der Waals surface area (Å²) in [6, 6.07) is 21.8. The predicted octanol–water partition coefficient (Wildman–Crippen LogP) is 13.4. The Labute approximate surface area is 582 Å². The Balaban J connectivity index is 0.000000204. The zero-order valence-corrected chi connectivity index (χ0v) is 58.2. The van der Waals surface area contributed by atoms with Crippen LogP contribution < -0.4 is 50.1 Å². The molecule has 0 spiro atoms. The van der Waals surface area contributed by atoms with Crippen molar-refractivity contribution in [3.05, 3.63) is 150 Å². The molecule has 0 aliphatic carbocycles. The smallest absolute Gasteiger partial charge is 0.410 e. The number of carbonyl (C=O) groups is 2. The predicted molar refractivity (Wildman–Crippen MR) is 368 cm³/mol. The van der Waals surface area contributed by atoms with Crippen molar-refractivity contribution < 1.29 is 65.7 Å². The number of hydrogen-bond donors (Lipinski definition) is 4. The van der Waals surface area contributed by atoms with E-state index in [0.29, 0.717) is 100 Å². The van der Waals surface area contributed by atoms with Gasteiger partial charge in [-0.1, -0.05) is 46.4 Å². The first-order valence-electron chi connectivity index (χ1n) is 29.2. The summed E-state index contributed by atoms with van der Waals surface area (Å²) in [5.74, 6) is 3.04. The SMILES string of the molecule is CC(C)(C)OC(=O)N1CC(Oc2ccc(N)c([N+](=O)[O-])c2)C1.COc1cc(OC)c(Cl)c(Nc2ncccc2-c2cc(Nc3ccc(OC4CN(C(=O)OC(C)(C)C)C4)cc3[N+](=O)[O-])ncn2)c1Cl.COc1cc(OC)c(Cl)c(Nc2ncccc2-c2cc(S(C)(=O)=O)ncn2)c1Cl. The fraction of sp³-hybridized carbons (Fsp3) is 0.302. The molecule has 35 heteroatoms. The maximum Gasteiger partial charge on any atom is 0.410 e. The molecule has 0 radical (unpaired) electrons. The molecule has 2 aliphatic rings. The highest BCUT2D eigenvalue weighted by atomic mass is 35.5. The number of carbonyl (C=O) groups excluding carboxylic acids is 2. The minimum absolute atomic E-state index is 0.0846. The Morgan fingerprint density at radius 2 is 0.969 bits per heavy atom. The van der Waals surface area contributed by atoms with Crippen LogP contribution in [0.25, 0.3) is 22.5 Å². The number of likely N-dealkylation sites (tertiary alicyclic amines) is 2. The van der Waals surface area contributed by atoms with E-state index in [1.54, 1.807) is 109 Å². The maximum absolute atomic E-state index is 12.2. The van der Waals surface area contributed by atoms with Gasteiger partial charge >= 0.3 is 12.2 Å². The Morgan fingerprint density at radius 3 is 1.38 bits per heavy atom. The van der Waals surface area contributed by atoms with Gasteiger partial charge in [-0.2, -0.15) is 0 Å². The van der Waals surface area contributed by atoms with Crippen LogP contribution >= 0.6 is 46.4 Å². The van der Waals surface area contributed by atoms with Crippen molar-refractivity contribution in [2.24, 2.45) is 0 Å². The molecule has 0 saturated carbocycles. The summed E-state index contributed by atoms with van der Waals surface area (Å²) in [4.78, 5) is 74.1. The van der Waals surface area contributed by atoms with E-state index >= 15 is 0 Å². The van der Waals surface area contributed by atoms with Gasteiger partial charge in [0, 0.05) is 54.0 Å². The highest BCUT2D eigenvalue weighted by Gasteiger charge is 2.37. The van der Waals surface area contributed by atoms with E-state index in [-0.39, 0.29) is 71.6 Å². The van der Waals surface area contributed by atoms with Gasteiger partial charge in [0.1, 0.15) is 119 Å². The molecule has 8 aromatic rings. The number of nitrogen functional groups attached to an aromatic ring is 1. The molecule has 98 heavy (non-hydrogen) atoms. The van der Waals surface area contributed by atoms with Gasteiger partial charge in [-0.05, 0) is 90.1 Å². The van der Waals surface area contributed by atoms with Crippen LogP contribution in [0.15, 0.2) is 115 Å². The molecule has 2 fully saturated rings. The van der Waals surface area contributed by atoms with Crippen LogP contribution in [0.1, 0.15) is 41.5 Å². The van der Waals surface area contributed by atoms with Crippen molar-refractivity contribution in [2.45, 2.75) is 70.0 Å². The van der Waals surface area contributed by atoms with Crippen LogP contribution in [-0.2, 0) is 19.3 Å². The minimum Gasteiger partial charge on any atom is -0.495 e. The second-order valence-electron chi connectivity index (χ2n) is 23.2. The fourth-order valence-electron chi connectivity index (χ4n) is 9.01. The zero-order chi connectivity index (χ0) is 71.6. The van der Waals surface area contributed by atoms with E-state index in [2.05, 4.69) is 45.9 Å². The summed E-state index contributed by atoms with van der Waals surface area (Å²) in [6.45, 7) is 12.1. The van der Waals surface area contributed by atoms with Crippen LogP contribution in [0.4, 0.5) is 61.2 Å². The number of sulfone groups is 1. The molecule has 30 nitrogen and oxygen atoms in total. The Kier molecular flexibility index (Phi) is 23.5. The number of amides is 2. The van der Waals surface area contributed by atoms with Gasteiger partial charge in [0.15, 0.2) is 14.9 Å². The average molecular weight is 1450 g/mol. The van der Waals surface area contributed by atoms with Crippen molar-refractivity contribution in [1.29, 1.82) is 0 Å². The Bertz CT molecular complexity index is 4350. The number of methoxy groups -OCH3 is 4. The van der Waals surface area contributed by atoms with Crippen LogP contribution in [0, 0.1) is 20.2 Å². The zero-order valence-electron chi connectivity index (χ0n) is 54.4.